The smallest absolute Gasteiger partial charge is 0.112 e. The third-order valence-corrected chi connectivity index (χ3v) is 11.1. The fraction of sp³-hybridized carbons (Fsp3) is 0.200. The molecule has 2 aliphatic heterocycles. The van der Waals surface area contributed by atoms with Gasteiger partial charge in [0.1, 0.15) is 8.07 Å². The largest absolute Gasteiger partial charge is 0.355 e. The van der Waals surface area contributed by atoms with Crippen LogP contribution in [-0.4, -0.2) is 35.5 Å². The highest BCUT2D eigenvalue weighted by atomic mass is 28.3. The van der Waals surface area contributed by atoms with E-state index in [1.807, 2.05) is 0 Å². The lowest BCUT2D eigenvalue weighted by Crippen LogP contribution is -2.53. The van der Waals surface area contributed by atoms with Gasteiger partial charge in [-0.2, -0.15) is 0 Å². The van der Waals surface area contributed by atoms with E-state index in [9.17, 15) is 0 Å². The van der Waals surface area contributed by atoms with E-state index < -0.39 is 8.07 Å². The quantitative estimate of drug-likeness (QED) is 0.356. The molecule has 0 aromatic heterocycles. The molecule has 0 bridgehead atoms. The maximum atomic E-state index is 2.47. The third kappa shape index (κ3) is 3.58. The minimum atomic E-state index is -1.92. The highest BCUT2D eigenvalue weighted by Gasteiger charge is 2.30. The van der Waals surface area contributed by atoms with Gasteiger partial charge in [0.05, 0.1) is 36.1 Å². The van der Waals surface area contributed by atoms with E-state index in [4.69, 9.17) is 0 Å². The summed E-state index contributed by atoms with van der Waals surface area (Å²) in [5, 5.41) is 2.91. The van der Waals surface area contributed by atoms with Crippen LogP contribution < -0.4 is 30.0 Å². The molecule has 35 heavy (non-hydrogen) atoms. The van der Waals surface area contributed by atoms with Gasteiger partial charge < -0.3 is 19.6 Å². The van der Waals surface area contributed by atoms with E-state index in [1.165, 1.54) is 44.5 Å². The molecule has 0 saturated heterocycles. The zero-order valence-electron chi connectivity index (χ0n) is 20.9. The Labute approximate surface area is 209 Å². The molecule has 176 valence electrons. The molecular formula is C30H32N4Si. The van der Waals surface area contributed by atoms with Gasteiger partial charge >= 0.3 is 0 Å². The predicted octanol–water partition coefficient (Wildman–Crippen LogP) is 5.60. The third-order valence-electron chi connectivity index (χ3n) is 7.63. The molecule has 0 fully saturated rings. The van der Waals surface area contributed by atoms with Crippen molar-refractivity contribution in [2.75, 3.05) is 47.0 Å². The summed E-state index contributed by atoms with van der Waals surface area (Å²) < 4.78 is 0. The van der Waals surface area contributed by atoms with Gasteiger partial charge in [0.15, 0.2) is 0 Å². The van der Waals surface area contributed by atoms with Gasteiger partial charge in [-0.3, -0.25) is 0 Å². The summed E-state index contributed by atoms with van der Waals surface area (Å²) in [7, 11) is 2.42. The average molecular weight is 477 g/mol. The molecule has 4 aromatic rings. The van der Waals surface area contributed by atoms with Gasteiger partial charge in [-0.25, -0.2) is 0 Å². The van der Waals surface area contributed by atoms with Crippen LogP contribution in [-0.2, 0) is 0 Å². The van der Waals surface area contributed by atoms with Gasteiger partial charge in [-0.05, 0) is 48.5 Å². The van der Waals surface area contributed by atoms with Gasteiger partial charge in [0.2, 0.25) is 0 Å². The predicted molar refractivity (Wildman–Crippen MR) is 153 cm³/mol. The molecule has 2 heterocycles. The molecule has 0 spiro atoms. The van der Waals surface area contributed by atoms with Crippen LogP contribution in [0.25, 0.3) is 0 Å². The van der Waals surface area contributed by atoms with E-state index in [0.717, 1.165) is 13.3 Å². The fourth-order valence-electron chi connectivity index (χ4n) is 5.49. The second kappa shape index (κ2) is 8.20. The highest BCUT2D eigenvalue weighted by molar-refractivity contribution is 7.00. The summed E-state index contributed by atoms with van der Waals surface area (Å²) >= 11 is 0. The highest BCUT2D eigenvalue weighted by Crippen LogP contribution is 2.40. The second-order valence-corrected chi connectivity index (χ2v) is 14.6. The number of rotatable bonds is 4. The van der Waals surface area contributed by atoms with Crippen molar-refractivity contribution in [2.24, 2.45) is 0 Å². The fourth-order valence-corrected chi connectivity index (χ4v) is 7.87. The molecule has 0 atom stereocenters. The van der Waals surface area contributed by atoms with Crippen LogP contribution in [0.2, 0.25) is 13.1 Å². The summed E-state index contributed by atoms with van der Waals surface area (Å²) in [5.41, 5.74) is 7.68. The number of fused-ring (bicyclic) bond motifs is 2. The van der Waals surface area contributed by atoms with Crippen LogP contribution in [0.4, 0.5) is 34.1 Å². The number of hydrogen-bond donors (Lipinski definition) is 0. The standard InChI is InChI=1S/C30H32N4Si/c1-31-21-33(29-17-7-5-15-27(29)31)23-11-9-13-25(19-23)35(3,4)26-14-10-12-24(20-26)34-22-32(2)28-16-6-8-18-30(28)34/h5-20H,21-22H2,1-4H3. The number of anilines is 6. The van der Waals surface area contributed by atoms with Crippen molar-refractivity contribution < 1.29 is 0 Å². The molecule has 2 aliphatic rings. The number of hydrogen-bond acceptors (Lipinski definition) is 4. The Balaban J connectivity index is 1.35. The lowest BCUT2D eigenvalue weighted by atomic mass is 10.2. The maximum Gasteiger partial charge on any atom is 0.112 e. The number of benzene rings is 4. The van der Waals surface area contributed by atoms with E-state index in [1.54, 1.807) is 0 Å². The molecule has 0 amide bonds. The SMILES string of the molecule is CN1CN(c2cccc([Si](C)(C)c3cccc(N4CN(C)c5ccccc54)c3)c2)c2ccccc21. The Bertz CT molecular complexity index is 1290. The topological polar surface area (TPSA) is 13.0 Å². The van der Waals surface area contributed by atoms with Crippen LogP contribution in [0.1, 0.15) is 0 Å². The zero-order chi connectivity index (χ0) is 24.2. The molecule has 6 rings (SSSR count). The molecule has 0 N–H and O–H groups in total. The van der Waals surface area contributed by atoms with Crippen molar-refractivity contribution in [1.82, 2.24) is 0 Å². The Morgan fingerprint density at radius 2 is 0.914 bits per heavy atom. The van der Waals surface area contributed by atoms with E-state index in [2.05, 4.69) is 144 Å². The number of nitrogens with zero attached hydrogens (tertiary/aromatic N) is 4. The Hall–Kier alpha value is -3.70. The van der Waals surface area contributed by atoms with Crippen molar-refractivity contribution in [3.63, 3.8) is 0 Å². The van der Waals surface area contributed by atoms with Gasteiger partial charge in [0, 0.05) is 25.5 Å². The van der Waals surface area contributed by atoms with Crippen LogP contribution in [0.15, 0.2) is 97.1 Å². The molecule has 0 aliphatic carbocycles. The maximum absolute atomic E-state index is 2.47. The first-order valence-electron chi connectivity index (χ1n) is 12.3. The Morgan fingerprint density at radius 1 is 0.514 bits per heavy atom. The molecule has 0 unspecified atom stereocenters. The molecule has 4 nitrogen and oxygen atoms in total. The van der Waals surface area contributed by atoms with Crippen molar-refractivity contribution in [2.45, 2.75) is 13.1 Å². The monoisotopic (exact) mass is 476 g/mol. The van der Waals surface area contributed by atoms with Crippen LogP contribution in [0.5, 0.6) is 0 Å². The van der Waals surface area contributed by atoms with Gasteiger partial charge in [0.25, 0.3) is 0 Å². The molecule has 4 aromatic carbocycles. The summed E-state index contributed by atoms with van der Waals surface area (Å²) in [4.78, 5) is 9.49. The second-order valence-electron chi connectivity index (χ2n) is 10.2. The molecular weight excluding hydrogens is 444 g/mol. The lowest BCUT2D eigenvalue weighted by molar-refractivity contribution is 0.950. The number of para-hydroxylation sites is 4. The Morgan fingerprint density at radius 3 is 1.34 bits per heavy atom. The summed E-state index contributed by atoms with van der Waals surface area (Å²) in [5.74, 6) is 0. The molecule has 0 saturated carbocycles. The first kappa shape index (κ1) is 21.8. The van der Waals surface area contributed by atoms with Crippen molar-refractivity contribution in [1.29, 1.82) is 0 Å². The lowest BCUT2D eigenvalue weighted by Gasteiger charge is -2.28. The zero-order valence-corrected chi connectivity index (χ0v) is 21.9. The van der Waals surface area contributed by atoms with Crippen molar-refractivity contribution in [3.05, 3.63) is 97.1 Å². The average Bonchev–Trinajstić information content (AvgIpc) is 3.41. The minimum Gasteiger partial charge on any atom is -0.355 e. The van der Waals surface area contributed by atoms with Crippen LogP contribution in [0, 0.1) is 0 Å². The van der Waals surface area contributed by atoms with E-state index in [0.29, 0.717) is 0 Å². The first-order valence-corrected chi connectivity index (χ1v) is 15.3. The summed E-state index contributed by atoms with van der Waals surface area (Å²) in [6.07, 6.45) is 0. The van der Waals surface area contributed by atoms with Crippen LogP contribution >= 0.6 is 0 Å². The van der Waals surface area contributed by atoms with Crippen LogP contribution in [0.3, 0.4) is 0 Å². The van der Waals surface area contributed by atoms with Gasteiger partial charge in [-0.15, -0.1) is 0 Å². The van der Waals surface area contributed by atoms with Crippen molar-refractivity contribution in [3.8, 4) is 0 Å². The van der Waals surface area contributed by atoms with E-state index >= 15 is 0 Å². The first-order chi connectivity index (χ1) is 16.9. The summed E-state index contributed by atoms with van der Waals surface area (Å²) in [6.45, 7) is 6.70. The van der Waals surface area contributed by atoms with Crippen molar-refractivity contribution >= 4 is 52.6 Å². The Kier molecular flexibility index (Phi) is 5.11. The van der Waals surface area contributed by atoms with Gasteiger partial charge in [-0.1, -0.05) is 72.0 Å². The summed E-state index contributed by atoms with van der Waals surface area (Å²) in [6, 6.07) is 35.8. The molecule has 0 radical (unpaired) electrons. The van der Waals surface area contributed by atoms with E-state index in [-0.39, 0.29) is 0 Å². The molecule has 5 heteroatoms. The normalized spacial score (nSPS) is 15.0. The minimum absolute atomic E-state index is 0.877.